The van der Waals surface area contributed by atoms with Crippen molar-refractivity contribution in [2.45, 2.75) is 19.4 Å². The third-order valence-corrected chi connectivity index (χ3v) is 2.98. The third kappa shape index (κ3) is 3.53. The van der Waals surface area contributed by atoms with E-state index in [1.54, 1.807) is 14.2 Å². The van der Waals surface area contributed by atoms with E-state index in [1.807, 2.05) is 25.2 Å². The zero-order valence-electron chi connectivity index (χ0n) is 11.1. The lowest BCUT2D eigenvalue weighted by Crippen LogP contribution is -2.30. The Morgan fingerprint density at radius 2 is 2.06 bits per heavy atom. The van der Waals surface area contributed by atoms with Crippen molar-refractivity contribution < 1.29 is 9.47 Å². The minimum absolute atomic E-state index is 0.382. The van der Waals surface area contributed by atoms with Gasteiger partial charge >= 0.3 is 0 Å². The minimum atomic E-state index is 0.382. The molecular weight excluding hydrogens is 216 g/mol. The van der Waals surface area contributed by atoms with Gasteiger partial charge in [0.05, 0.1) is 12.8 Å². The highest BCUT2D eigenvalue weighted by Gasteiger charge is 2.14. The van der Waals surface area contributed by atoms with E-state index >= 15 is 0 Å². The molecule has 1 aromatic carbocycles. The molecule has 1 rings (SSSR count). The van der Waals surface area contributed by atoms with E-state index in [9.17, 15) is 0 Å². The zero-order chi connectivity index (χ0) is 12.8. The molecule has 0 fully saturated rings. The summed E-state index contributed by atoms with van der Waals surface area (Å²) >= 11 is 0. The molecule has 17 heavy (non-hydrogen) atoms. The summed E-state index contributed by atoms with van der Waals surface area (Å²) in [6, 6.07) is 6.09. The Morgan fingerprint density at radius 3 is 2.65 bits per heavy atom. The summed E-state index contributed by atoms with van der Waals surface area (Å²) in [6.45, 7) is 2.91. The van der Waals surface area contributed by atoms with Gasteiger partial charge in [-0.2, -0.15) is 0 Å². The minimum Gasteiger partial charge on any atom is -0.495 e. The molecule has 4 heteroatoms. The predicted molar refractivity (Wildman–Crippen MR) is 71.8 cm³/mol. The van der Waals surface area contributed by atoms with E-state index in [2.05, 4.69) is 11.8 Å². The first-order chi connectivity index (χ1) is 8.10. The molecular formula is C13H22N2O2. The van der Waals surface area contributed by atoms with Gasteiger partial charge in [0.15, 0.2) is 0 Å². The van der Waals surface area contributed by atoms with Crippen LogP contribution in [0, 0.1) is 0 Å². The van der Waals surface area contributed by atoms with Crippen molar-refractivity contribution in [3.05, 3.63) is 18.2 Å². The number of benzene rings is 1. The van der Waals surface area contributed by atoms with Gasteiger partial charge in [-0.1, -0.05) is 0 Å². The normalized spacial score (nSPS) is 12.2. The van der Waals surface area contributed by atoms with Crippen molar-refractivity contribution in [3.63, 3.8) is 0 Å². The van der Waals surface area contributed by atoms with Crippen LogP contribution in [-0.2, 0) is 4.74 Å². The van der Waals surface area contributed by atoms with Crippen LogP contribution in [0.4, 0.5) is 11.4 Å². The maximum absolute atomic E-state index is 5.74. The predicted octanol–water partition coefficient (Wildman–Crippen LogP) is 2.14. The second-order valence-electron chi connectivity index (χ2n) is 4.17. The highest BCUT2D eigenvalue weighted by Crippen LogP contribution is 2.30. The first-order valence-electron chi connectivity index (χ1n) is 5.75. The number of rotatable bonds is 6. The molecule has 0 aromatic heterocycles. The molecule has 0 amide bonds. The van der Waals surface area contributed by atoms with Gasteiger partial charge in [-0.25, -0.2) is 0 Å². The molecule has 1 aromatic rings. The largest absolute Gasteiger partial charge is 0.495 e. The highest BCUT2D eigenvalue weighted by atomic mass is 16.5. The fraction of sp³-hybridized carbons (Fsp3) is 0.538. The molecule has 0 heterocycles. The average molecular weight is 238 g/mol. The van der Waals surface area contributed by atoms with Crippen LogP contribution in [-0.4, -0.2) is 33.9 Å². The number of anilines is 2. The maximum Gasteiger partial charge on any atom is 0.144 e. The van der Waals surface area contributed by atoms with Crippen LogP contribution in [0.25, 0.3) is 0 Å². The molecule has 0 bridgehead atoms. The molecule has 1 atom stereocenters. The van der Waals surface area contributed by atoms with Crippen LogP contribution in [0.2, 0.25) is 0 Å². The molecule has 0 aliphatic carbocycles. The summed E-state index contributed by atoms with van der Waals surface area (Å²) in [5.41, 5.74) is 7.50. The molecule has 0 saturated carbocycles. The molecule has 0 radical (unpaired) electrons. The topological polar surface area (TPSA) is 47.7 Å². The molecule has 0 spiro atoms. The Morgan fingerprint density at radius 1 is 1.35 bits per heavy atom. The second kappa shape index (κ2) is 6.35. The smallest absolute Gasteiger partial charge is 0.144 e. The van der Waals surface area contributed by atoms with Gasteiger partial charge in [-0.15, -0.1) is 0 Å². The van der Waals surface area contributed by atoms with E-state index in [4.69, 9.17) is 15.2 Å². The van der Waals surface area contributed by atoms with E-state index in [1.165, 1.54) is 0 Å². The molecule has 0 aliphatic heterocycles. The Kier molecular flexibility index (Phi) is 5.10. The fourth-order valence-electron chi connectivity index (χ4n) is 1.71. The van der Waals surface area contributed by atoms with Gasteiger partial charge in [0.2, 0.25) is 0 Å². The summed E-state index contributed by atoms with van der Waals surface area (Å²) in [5, 5.41) is 0. The molecule has 0 aliphatic rings. The van der Waals surface area contributed by atoms with Gasteiger partial charge in [0, 0.05) is 38.6 Å². The zero-order valence-corrected chi connectivity index (χ0v) is 11.1. The lowest BCUT2D eigenvalue weighted by molar-refractivity contribution is 0.189. The quantitative estimate of drug-likeness (QED) is 0.771. The third-order valence-electron chi connectivity index (χ3n) is 2.98. The van der Waals surface area contributed by atoms with E-state index in [0.29, 0.717) is 11.7 Å². The molecule has 1 unspecified atom stereocenters. The van der Waals surface area contributed by atoms with Crippen molar-refractivity contribution >= 4 is 11.4 Å². The Hall–Kier alpha value is -1.42. The standard InChI is InChI=1S/C13H22N2O2/c1-10(7-8-16-3)15(2)12-6-5-11(14)9-13(12)17-4/h5-6,9-10H,7-8,14H2,1-4H3. The summed E-state index contributed by atoms with van der Waals surface area (Å²) in [7, 11) is 5.43. The number of ether oxygens (including phenoxy) is 2. The van der Waals surface area contributed by atoms with Crippen molar-refractivity contribution in [2.24, 2.45) is 0 Å². The first-order valence-corrected chi connectivity index (χ1v) is 5.75. The molecule has 2 N–H and O–H groups in total. The van der Waals surface area contributed by atoms with Crippen LogP contribution in [0.15, 0.2) is 18.2 Å². The van der Waals surface area contributed by atoms with Gasteiger partial charge in [-0.3, -0.25) is 0 Å². The SMILES string of the molecule is COCCC(C)N(C)c1ccc(N)cc1OC. The van der Waals surface area contributed by atoms with Gasteiger partial charge < -0.3 is 20.1 Å². The molecule has 4 nitrogen and oxygen atoms in total. The van der Waals surface area contributed by atoms with E-state index < -0.39 is 0 Å². The summed E-state index contributed by atoms with van der Waals surface area (Å²) in [4.78, 5) is 2.18. The summed E-state index contributed by atoms with van der Waals surface area (Å²) in [6.07, 6.45) is 0.973. The van der Waals surface area contributed by atoms with E-state index in [0.717, 1.165) is 24.5 Å². The fourth-order valence-corrected chi connectivity index (χ4v) is 1.71. The molecule has 0 saturated heterocycles. The summed E-state index contributed by atoms with van der Waals surface area (Å²) < 4.78 is 10.4. The second-order valence-corrected chi connectivity index (χ2v) is 4.17. The van der Waals surface area contributed by atoms with Crippen molar-refractivity contribution in [1.29, 1.82) is 0 Å². The lowest BCUT2D eigenvalue weighted by Gasteiger charge is -2.28. The number of hydrogen-bond donors (Lipinski definition) is 1. The number of nitrogens with two attached hydrogens (primary N) is 1. The highest BCUT2D eigenvalue weighted by molar-refractivity contribution is 5.64. The number of nitrogens with zero attached hydrogens (tertiary/aromatic N) is 1. The van der Waals surface area contributed by atoms with Gasteiger partial charge in [0.25, 0.3) is 0 Å². The molecule has 96 valence electrons. The first kappa shape index (κ1) is 13.6. The van der Waals surface area contributed by atoms with Crippen molar-refractivity contribution in [3.8, 4) is 5.75 Å². The van der Waals surface area contributed by atoms with Crippen molar-refractivity contribution in [2.75, 3.05) is 38.5 Å². The number of hydrogen-bond acceptors (Lipinski definition) is 4. The van der Waals surface area contributed by atoms with Crippen LogP contribution in [0.3, 0.4) is 0 Å². The van der Waals surface area contributed by atoms with Crippen LogP contribution < -0.4 is 15.4 Å². The maximum atomic E-state index is 5.74. The Labute approximate surface area is 103 Å². The van der Waals surface area contributed by atoms with Crippen molar-refractivity contribution in [1.82, 2.24) is 0 Å². The van der Waals surface area contributed by atoms with Gasteiger partial charge in [-0.05, 0) is 25.5 Å². The lowest BCUT2D eigenvalue weighted by atomic mass is 10.1. The Bertz CT molecular complexity index is 355. The number of methoxy groups -OCH3 is 2. The summed E-state index contributed by atoms with van der Waals surface area (Å²) in [5.74, 6) is 0.803. The van der Waals surface area contributed by atoms with Crippen LogP contribution in [0.5, 0.6) is 5.75 Å². The monoisotopic (exact) mass is 238 g/mol. The average Bonchev–Trinajstić information content (AvgIpc) is 2.34. The van der Waals surface area contributed by atoms with Gasteiger partial charge in [0.1, 0.15) is 5.75 Å². The van der Waals surface area contributed by atoms with Crippen LogP contribution in [0.1, 0.15) is 13.3 Å². The number of nitrogen functional groups attached to an aromatic ring is 1. The van der Waals surface area contributed by atoms with Crippen LogP contribution >= 0.6 is 0 Å². The Balaban J connectivity index is 2.83. The van der Waals surface area contributed by atoms with E-state index in [-0.39, 0.29) is 0 Å².